The van der Waals surface area contributed by atoms with Gasteiger partial charge in [0.15, 0.2) is 12.2 Å². The SMILES string of the molecule is CCCCCCCCCCCCCCCCCCCCCC(=O)OC[C@H](COP(=O)(O)OC[C@@H](O)COP(=O)(O)OC[C@@H](COC(=O)CCCCCCCCCC(C)C)OC(=O)CCCCCCCCCC(C)C)OC(=O)CCCCCCCCCCCCCCCCCCCCC(C)CC. The maximum atomic E-state index is 13.1. The van der Waals surface area contributed by atoms with Gasteiger partial charge in [0.2, 0.25) is 0 Å². The second-order valence-electron chi connectivity index (χ2n) is 30.7. The van der Waals surface area contributed by atoms with E-state index in [1.807, 2.05) is 0 Å². The maximum Gasteiger partial charge on any atom is 0.472 e. The van der Waals surface area contributed by atoms with E-state index >= 15 is 0 Å². The summed E-state index contributed by atoms with van der Waals surface area (Å²) < 4.78 is 68.6. The van der Waals surface area contributed by atoms with Gasteiger partial charge in [0.25, 0.3) is 0 Å². The third kappa shape index (κ3) is 74.7. The monoisotopic (exact) mass is 1480 g/mol. The van der Waals surface area contributed by atoms with Crippen LogP contribution in [0.15, 0.2) is 0 Å². The lowest BCUT2D eigenvalue weighted by atomic mass is 9.99. The fraction of sp³-hybridized carbons (Fsp3) is 0.951. The number of esters is 4. The fourth-order valence-electron chi connectivity index (χ4n) is 12.6. The molecule has 0 amide bonds. The van der Waals surface area contributed by atoms with E-state index in [1.165, 1.54) is 231 Å². The Bertz CT molecular complexity index is 1960. The van der Waals surface area contributed by atoms with Gasteiger partial charge in [-0.3, -0.25) is 37.3 Å². The molecule has 3 N–H and O–H groups in total. The minimum Gasteiger partial charge on any atom is -0.462 e. The molecule has 0 saturated heterocycles. The Kier molecular flexibility index (Phi) is 70.9. The van der Waals surface area contributed by atoms with Crippen molar-refractivity contribution in [1.82, 2.24) is 0 Å². The van der Waals surface area contributed by atoms with Crippen LogP contribution in [0.25, 0.3) is 0 Å². The van der Waals surface area contributed by atoms with Crippen LogP contribution in [0, 0.1) is 17.8 Å². The molecule has 0 saturated carbocycles. The quantitative estimate of drug-likeness (QED) is 0.0222. The molecule has 0 aromatic carbocycles. The molecule has 101 heavy (non-hydrogen) atoms. The lowest BCUT2D eigenvalue weighted by Gasteiger charge is -2.21. The molecule has 0 aliphatic rings. The number of unbranched alkanes of at least 4 members (excludes halogenated alkanes) is 47. The van der Waals surface area contributed by atoms with Gasteiger partial charge in [-0.1, -0.05) is 376 Å². The van der Waals surface area contributed by atoms with Crippen LogP contribution in [0.5, 0.6) is 0 Å². The van der Waals surface area contributed by atoms with Crippen LogP contribution in [0.1, 0.15) is 427 Å². The predicted octanol–water partition coefficient (Wildman–Crippen LogP) is 24.5. The van der Waals surface area contributed by atoms with Gasteiger partial charge in [0.05, 0.1) is 26.4 Å². The summed E-state index contributed by atoms with van der Waals surface area (Å²) in [5.41, 5.74) is 0. The number of rotatable bonds is 80. The standard InChI is InChI=1S/C82H160O17P2/c1-8-10-11-12-13-14-15-16-17-18-19-23-26-29-32-35-42-49-56-63-79(84)92-69-77(98-81(86)65-58-51-43-36-33-30-27-24-21-20-22-25-28-31-34-41-48-55-62-75(7)9-2)71-96-100(88,89)94-67-76(83)68-95-101(90,91)97-72-78(99-82(87)66-59-52-45-38-40-47-54-61-74(5)6)70-93-80(85)64-57-50-44-37-39-46-53-60-73(3)4/h73-78,83H,8-72H2,1-7H3,(H,88,89)(H,90,91)/t75?,76-,77-,78-/m1/s1. The molecule has 19 heteroatoms. The molecule has 0 aliphatic carbocycles. The van der Waals surface area contributed by atoms with Crippen LogP contribution in [0.2, 0.25) is 0 Å². The van der Waals surface area contributed by atoms with Gasteiger partial charge in [0.1, 0.15) is 19.3 Å². The van der Waals surface area contributed by atoms with Crippen molar-refractivity contribution in [1.29, 1.82) is 0 Å². The summed E-state index contributed by atoms with van der Waals surface area (Å²) in [6.07, 6.45) is 61.4. The van der Waals surface area contributed by atoms with Crippen molar-refractivity contribution in [3.63, 3.8) is 0 Å². The van der Waals surface area contributed by atoms with Crippen LogP contribution >= 0.6 is 15.6 Å². The van der Waals surface area contributed by atoms with Gasteiger partial charge >= 0.3 is 39.5 Å². The smallest absolute Gasteiger partial charge is 0.462 e. The van der Waals surface area contributed by atoms with Crippen LogP contribution in [0.3, 0.4) is 0 Å². The second kappa shape index (κ2) is 72.3. The summed E-state index contributed by atoms with van der Waals surface area (Å²) in [5.74, 6) is 0.157. The molecule has 0 spiro atoms. The highest BCUT2D eigenvalue weighted by Gasteiger charge is 2.30. The summed E-state index contributed by atoms with van der Waals surface area (Å²) in [6, 6.07) is 0. The zero-order valence-corrected chi connectivity index (χ0v) is 68.2. The van der Waals surface area contributed by atoms with Crippen molar-refractivity contribution in [2.75, 3.05) is 39.6 Å². The zero-order chi connectivity index (χ0) is 74.4. The largest absolute Gasteiger partial charge is 0.472 e. The predicted molar refractivity (Wildman–Crippen MR) is 414 cm³/mol. The Morgan fingerprint density at radius 3 is 0.752 bits per heavy atom. The molecule has 600 valence electrons. The van der Waals surface area contributed by atoms with E-state index in [0.29, 0.717) is 37.5 Å². The van der Waals surface area contributed by atoms with E-state index in [0.717, 1.165) is 102 Å². The Morgan fingerprint density at radius 1 is 0.287 bits per heavy atom. The third-order valence-corrected chi connectivity index (χ3v) is 21.4. The Labute approximate surface area is 619 Å². The topological polar surface area (TPSA) is 237 Å². The minimum absolute atomic E-state index is 0.103. The number of carbonyl (C=O) groups is 4. The Morgan fingerprint density at radius 2 is 0.505 bits per heavy atom. The average molecular weight is 1480 g/mol. The van der Waals surface area contributed by atoms with Gasteiger partial charge in [0, 0.05) is 25.7 Å². The summed E-state index contributed by atoms with van der Waals surface area (Å²) in [7, 11) is -9.92. The van der Waals surface area contributed by atoms with Gasteiger partial charge < -0.3 is 33.8 Å². The first-order valence-corrected chi connectivity index (χ1v) is 45.4. The fourth-order valence-corrected chi connectivity index (χ4v) is 14.2. The van der Waals surface area contributed by atoms with Crippen molar-refractivity contribution in [3.05, 3.63) is 0 Å². The number of hydrogen-bond donors (Lipinski definition) is 3. The highest BCUT2D eigenvalue weighted by atomic mass is 31.2. The first-order chi connectivity index (χ1) is 48.8. The van der Waals surface area contributed by atoms with Crippen molar-refractivity contribution < 1.29 is 80.2 Å². The molecule has 0 radical (unpaired) electrons. The van der Waals surface area contributed by atoms with E-state index in [4.69, 9.17) is 37.0 Å². The normalized spacial score (nSPS) is 14.2. The van der Waals surface area contributed by atoms with Crippen molar-refractivity contribution in [2.24, 2.45) is 17.8 Å². The molecule has 0 rings (SSSR count). The Hall–Kier alpha value is -1.94. The number of carbonyl (C=O) groups excluding carboxylic acids is 4. The highest BCUT2D eigenvalue weighted by Crippen LogP contribution is 2.45. The number of hydrogen-bond acceptors (Lipinski definition) is 15. The minimum atomic E-state index is -4.96. The molecular weight excluding hydrogens is 1320 g/mol. The number of aliphatic hydroxyl groups excluding tert-OH is 1. The van der Waals surface area contributed by atoms with E-state index in [9.17, 15) is 43.2 Å². The summed E-state index contributed by atoms with van der Waals surface area (Å²) in [4.78, 5) is 72.9. The van der Waals surface area contributed by atoms with Crippen LogP contribution in [0.4, 0.5) is 0 Å². The van der Waals surface area contributed by atoms with Crippen molar-refractivity contribution >= 4 is 39.5 Å². The average Bonchev–Trinajstić information content (AvgIpc) is 0.942. The van der Waals surface area contributed by atoms with Gasteiger partial charge in [-0.2, -0.15) is 0 Å². The van der Waals surface area contributed by atoms with E-state index in [2.05, 4.69) is 48.5 Å². The number of phosphoric ester groups is 2. The molecule has 0 fully saturated rings. The van der Waals surface area contributed by atoms with Crippen LogP contribution in [-0.2, 0) is 65.4 Å². The van der Waals surface area contributed by atoms with Crippen LogP contribution in [-0.4, -0.2) is 96.7 Å². The molecule has 0 aromatic rings. The first-order valence-electron chi connectivity index (χ1n) is 42.4. The molecule has 3 unspecified atom stereocenters. The molecule has 0 bridgehead atoms. The van der Waals surface area contributed by atoms with E-state index in [-0.39, 0.29) is 25.7 Å². The molecule has 17 nitrogen and oxygen atoms in total. The third-order valence-electron chi connectivity index (χ3n) is 19.5. The lowest BCUT2D eigenvalue weighted by Crippen LogP contribution is -2.30. The van der Waals surface area contributed by atoms with Crippen molar-refractivity contribution in [3.8, 4) is 0 Å². The molecule has 0 aromatic heterocycles. The number of phosphoric acid groups is 2. The van der Waals surface area contributed by atoms with Gasteiger partial charge in [-0.25, -0.2) is 9.13 Å². The summed E-state index contributed by atoms with van der Waals surface area (Å²) in [5, 5.41) is 10.6. The lowest BCUT2D eigenvalue weighted by molar-refractivity contribution is -0.161. The van der Waals surface area contributed by atoms with Crippen LogP contribution < -0.4 is 0 Å². The molecule has 6 atom stereocenters. The van der Waals surface area contributed by atoms with Gasteiger partial charge in [-0.15, -0.1) is 0 Å². The van der Waals surface area contributed by atoms with Crippen molar-refractivity contribution in [2.45, 2.75) is 446 Å². The summed E-state index contributed by atoms with van der Waals surface area (Å²) >= 11 is 0. The second-order valence-corrected chi connectivity index (χ2v) is 33.6. The van der Waals surface area contributed by atoms with E-state index in [1.54, 1.807) is 0 Å². The highest BCUT2D eigenvalue weighted by molar-refractivity contribution is 7.47. The number of ether oxygens (including phenoxy) is 4. The first kappa shape index (κ1) is 99.1. The molecular formula is C82H160O17P2. The number of aliphatic hydroxyl groups is 1. The van der Waals surface area contributed by atoms with Gasteiger partial charge in [-0.05, 0) is 43.4 Å². The zero-order valence-electron chi connectivity index (χ0n) is 66.4. The maximum absolute atomic E-state index is 13.1. The Balaban J connectivity index is 5.18. The molecule has 0 heterocycles. The van der Waals surface area contributed by atoms with E-state index < -0.39 is 97.5 Å². The molecule has 0 aliphatic heterocycles. The summed E-state index contributed by atoms with van der Waals surface area (Å²) in [6.45, 7) is 11.9.